The molecule has 2 heteroatoms. The molecule has 4 aliphatic carbocycles. The fourth-order valence-corrected chi connectivity index (χ4v) is 9.19. The van der Waals surface area contributed by atoms with Gasteiger partial charge in [-0.2, -0.15) is 0 Å². The van der Waals surface area contributed by atoms with E-state index in [1.807, 2.05) is 5.57 Å². The first-order chi connectivity index (χ1) is 15.5. The SMILES string of the molecule is C=C(CC[C@@H](C)[C@H]1CC[C@H]2C3=CCC4[C@H](C)[C@@H](OC(C)=O)CC[C@]4(C)[C@H]3CC[C@]12C)C(C)C. The Morgan fingerprint density at radius 1 is 1.09 bits per heavy atom. The van der Waals surface area contributed by atoms with Crippen LogP contribution >= 0.6 is 0 Å². The van der Waals surface area contributed by atoms with Crippen molar-refractivity contribution in [2.24, 2.45) is 52.3 Å². The van der Waals surface area contributed by atoms with Crippen LogP contribution in [0.4, 0.5) is 0 Å². The molecule has 0 aliphatic heterocycles. The Hall–Kier alpha value is -1.05. The van der Waals surface area contributed by atoms with Crippen LogP contribution in [0.3, 0.4) is 0 Å². The molecule has 0 saturated heterocycles. The van der Waals surface area contributed by atoms with E-state index in [4.69, 9.17) is 4.74 Å². The molecule has 4 aliphatic rings. The first-order valence-electron chi connectivity index (χ1n) is 14.0. The summed E-state index contributed by atoms with van der Waals surface area (Å²) in [5.74, 6) is 4.78. The van der Waals surface area contributed by atoms with E-state index < -0.39 is 0 Å². The maximum absolute atomic E-state index is 11.6. The summed E-state index contributed by atoms with van der Waals surface area (Å²) in [7, 11) is 0. The predicted molar refractivity (Wildman–Crippen MR) is 138 cm³/mol. The lowest BCUT2D eigenvalue weighted by Gasteiger charge is -2.59. The Labute approximate surface area is 204 Å². The van der Waals surface area contributed by atoms with Crippen molar-refractivity contribution in [3.05, 3.63) is 23.8 Å². The van der Waals surface area contributed by atoms with Crippen LogP contribution in [0.15, 0.2) is 23.8 Å². The third kappa shape index (κ3) is 4.27. The van der Waals surface area contributed by atoms with Crippen LogP contribution in [0.25, 0.3) is 0 Å². The van der Waals surface area contributed by atoms with Gasteiger partial charge in [-0.05, 0) is 110 Å². The fourth-order valence-electron chi connectivity index (χ4n) is 9.19. The Morgan fingerprint density at radius 2 is 1.76 bits per heavy atom. The zero-order valence-electron chi connectivity index (χ0n) is 22.6. The summed E-state index contributed by atoms with van der Waals surface area (Å²) >= 11 is 0. The molecule has 33 heavy (non-hydrogen) atoms. The normalized spacial score (nSPS) is 43.2. The van der Waals surface area contributed by atoms with Gasteiger partial charge in [0.1, 0.15) is 6.10 Å². The molecule has 0 bridgehead atoms. The Kier molecular flexibility index (Phi) is 6.98. The van der Waals surface area contributed by atoms with Gasteiger partial charge in [0.2, 0.25) is 0 Å². The van der Waals surface area contributed by atoms with Gasteiger partial charge in [0.25, 0.3) is 0 Å². The van der Waals surface area contributed by atoms with Gasteiger partial charge in [-0.1, -0.05) is 65.3 Å². The number of hydrogen-bond acceptors (Lipinski definition) is 2. The van der Waals surface area contributed by atoms with Crippen molar-refractivity contribution in [1.82, 2.24) is 0 Å². The van der Waals surface area contributed by atoms with Crippen molar-refractivity contribution in [2.45, 2.75) is 112 Å². The molecule has 0 spiro atoms. The van der Waals surface area contributed by atoms with Gasteiger partial charge in [0.15, 0.2) is 0 Å². The molecule has 2 nitrogen and oxygen atoms in total. The quantitative estimate of drug-likeness (QED) is 0.297. The van der Waals surface area contributed by atoms with Crippen molar-refractivity contribution in [2.75, 3.05) is 0 Å². The molecular weight excluding hydrogens is 404 g/mol. The number of allylic oxidation sites excluding steroid dienone is 3. The van der Waals surface area contributed by atoms with Gasteiger partial charge in [-0.15, -0.1) is 0 Å². The van der Waals surface area contributed by atoms with Gasteiger partial charge in [-0.25, -0.2) is 0 Å². The lowest BCUT2D eigenvalue weighted by atomic mass is 9.46. The van der Waals surface area contributed by atoms with Gasteiger partial charge in [0, 0.05) is 6.92 Å². The van der Waals surface area contributed by atoms with Crippen molar-refractivity contribution < 1.29 is 9.53 Å². The molecule has 0 amide bonds. The highest BCUT2D eigenvalue weighted by Crippen LogP contribution is 2.67. The first-order valence-corrected chi connectivity index (χ1v) is 14.0. The monoisotopic (exact) mass is 454 g/mol. The molecule has 0 aromatic carbocycles. The van der Waals surface area contributed by atoms with Gasteiger partial charge < -0.3 is 4.74 Å². The van der Waals surface area contributed by atoms with Gasteiger partial charge in [-0.3, -0.25) is 4.79 Å². The number of carbonyl (C=O) groups excluding carboxylic acids is 1. The second kappa shape index (κ2) is 9.19. The summed E-state index contributed by atoms with van der Waals surface area (Å²) in [6, 6.07) is 0. The van der Waals surface area contributed by atoms with Crippen LogP contribution in [0.5, 0.6) is 0 Å². The first kappa shape index (κ1) is 25.1. The maximum Gasteiger partial charge on any atom is 0.302 e. The lowest BCUT2D eigenvalue weighted by Crippen LogP contribution is -2.53. The highest BCUT2D eigenvalue weighted by atomic mass is 16.5. The van der Waals surface area contributed by atoms with Crippen LogP contribution < -0.4 is 0 Å². The third-order valence-corrected chi connectivity index (χ3v) is 11.4. The average molecular weight is 455 g/mol. The molecule has 4 rings (SSSR count). The Morgan fingerprint density at radius 3 is 2.42 bits per heavy atom. The molecule has 0 radical (unpaired) electrons. The number of fused-ring (bicyclic) bond motifs is 5. The molecule has 3 fully saturated rings. The van der Waals surface area contributed by atoms with Crippen LogP contribution in [-0.4, -0.2) is 12.1 Å². The molecule has 186 valence electrons. The fraction of sp³-hybridized carbons (Fsp3) is 0.839. The molecule has 0 N–H and O–H groups in total. The molecule has 0 heterocycles. The molecule has 0 aromatic heterocycles. The highest BCUT2D eigenvalue weighted by molar-refractivity contribution is 5.66. The highest BCUT2D eigenvalue weighted by Gasteiger charge is 2.59. The summed E-state index contributed by atoms with van der Waals surface area (Å²) in [5, 5.41) is 0. The minimum absolute atomic E-state index is 0.112. The number of carbonyl (C=O) groups is 1. The van der Waals surface area contributed by atoms with Crippen molar-refractivity contribution in [3.63, 3.8) is 0 Å². The molecular formula is C31H50O2. The number of rotatable bonds is 6. The number of ether oxygens (including phenoxy) is 1. The maximum atomic E-state index is 11.6. The average Bonchev–Trinajstić information content (AvgIpc) is 3.11. The Balaban J connectivity index is 1.51. The van der Waals surface area contributed by atoms with E-state index in [-0.39, 0.29) is 12.1 Å². The second-order valence-corrected chi connectivity index (χ2v) is 13.3. The second-order valence-electron chi connectivity index (χ2n) is 13.3. The molecule has 9 atom stereocenters. The van der Waals surface area contributed by atoms with Crippen LogP contribution in [0.1, 0.15) is 106 Å². The lowest BCUT2D eigenvalue weighted by molar-refractivity contribution is -0.158. The van der Waals surface area contributed by atoms with Crippen LogP contribution in [0.2, 0.25) is 0 Å². The van der Waals surface area contributed by atoms with E-state index in [0.717, 1.165) is 30.1 Å². The van der Waals surface area contributed by atoms with Gasteiger partial charge >= 0.3 is 5.97 Å². The van der Waals surface area contributed by atoms with Crippen molar-refractivity contribution >= 4 is 5.97 Å². The summed E-state index contributed by atoms with van der Waals surface area (Å²) < 4.78 is 5.75. The summed E-state index contributed by atoms with van der Waals surface area (Å²) in [5.41, 5.74) is 4.12. The molecule has 1 unspecified atom stereocenters. The van der Waals surface area contributed by atoms with E-state index >= 15 is 0 Å². The standard InChI is InChI=1S/C31H50O2/c1-19(2)20(3)9-10-21(4)25-13-14-27-24-11-12-26-22(5)29(33-23(6)32)16-18-31(26,8)28(24)15-17-30(25,27)7/h11,19,21-22,25-29H,3,9-10,12-18H2,1-2,4-8H3/t21-,22+,25-,26?,27+,28+,29+,30-,31+/m1/s1. The topological polar surface area (TPSA) is 26.3 Å². The smallest absolute Gasteiger partial charge is 0.302 e. The molecule has 0 aromatic rings. The third-order valence-electron chi connectivity index (χ3n) is 11.4. The zero-order chi connectivity index (χ0) is 24.1. The zero-order valence-corrected chi connectivity index (χ0v) is 22.6. The van der Waals surface area contributed by atoms with Crippen LogP contribution in [-0.2, 0) is 9.53 Å². The van der Waals surface area contributed by atoms with E-state index in [1.165, 1.54) is 56.9 Å². The predicted octanol–water partition coefficient (Wildman–Crippen LogP) is 8.37. The van der Waals surface area contributed by atoms with Crippen molar-refractivity contribution in [3.8, 4) is 0 Å². The minimum atomic E-state index is -0.112. The van der Waals surface area contributed by atoms with E-state index in [1.54, 1.807) is 6.92 Å². The van der Waals surface area contributed by atoms with E-state index in [2.05, 4.69) is 54.2 Å². The number of hydrogen-bond donors (Lipinski definition) is 0. The largest absolute Gasteiger partial charge is 0.462 e. The van der Waals surface area contributed by atoms with Gasteiger partial charge in [0.05, 0.1) is 0 Å². The van der Waals surface area contributed by atoms with E-state index in [0.29, 0.717) is 28.6 Å². The summed E-state index contributed by atoms with van der Waals surface area (Å²) in [6.45, 7) is 20.6. The summed E-state index contributed by atoms with van der Waals surface area (Å²) in [6.07, 6.45) is 14.3. The number of esters is 1. The summed E-state index contributed by atoms with van der Waals surface area (Å²) in [4.78, 5) is 11.6. The van der Waals surface area contributed by atoms with E-state index in [9.17, 15) is 4.79 Å². The Bertz CT molecular complexity index is 793. The minimum Gasteiger partial charge on any atom is -0.462 e. The van der Waals surface area contributed by atoms with Crippen molar-refractivity contribution in [1.29, 1.82) is 0 Å². The van der Waals surface area contributed by atoms with Crippen LogP contribution in [0, 0.1) is 52.3 Å². The molecule has 3 saturated carbocycles.